The monoisotopic (exact) mass is 531 g/mol. The Hall–Kier alpha value is -0.740. The van der Waals surface area contributed by atoms with Crippen molar-refractivity contribution in [3.05, 3.63) is 0 Å². The normalized spacial score (nSPS) is 40.9. The smallest absolute Gasteiger partial charge is 0.264 e. The van der Waals surface area contributed by atoms with E-state index in [1.165, 1.54) is 0 Å². The lowest BCUT2D eigenvalue weighted by molar-refractivity contribution is -0.125. The van der Waals surface area contributed by atoms with Crippen molar-refractivity contribution in [3.63, 3.8) is 0 Å². The van der Waals surface area contributed by atoms with Crippen LogP contribution in [0.1, 0.15) is 91.9 Å². The predicted molar refractivity (Wildman–Crippen MR) is 139 cm³/mol. The average molecular weight is 532 g/mol. The van der Waals surface area contributed by atoms with Crippen LogP contribution in [0.2, 0.25) is 0 Å². The molecule has 0 saturated heterocycles. The lowest BCUT2D eigenvalue weighted by Gasteiger charge is -2.55. The summed E-state index contributed by atoms with van der Waals surface area (Å²) >= 11 is 0. The number of fused-ring (bicyclic) bond motifs is 1. The second-order valence-corrected chi connectivity index (χ2v) is 14.4. The van der Waals surface area contributed by atoms with Gasteiger partial charge in [-0.05, 0) is 105 Å². The fourth-order valence-corrected chi connectivity index (χ4v) is 8.72. The van der Waals surface area contributed by atoms with Crippen molar-refractivity contribution in [1.29, 1.82) is 0 Å². The highest BCUT2D eigenvalue weighted by atomic mass is 32.2. The molecule has 0 spiro atoms. The van der Waals surface area contributed by atoms with Gasteiger partial charge >= 0.3 is 0 Å². The molecular weight excluding hydrogens is 482 g/mol. The molecule has 0 unspecified atom stereocenters. The van der Waals surface area contributed by atoms with Crippen LogP contribution < -0.4 is 5.32 Å². The molecule has 9 heteroatoms. The van der Waals surface area contributed by atoms with Crippen LogP contribution in [0.5, 0.6) is 0 Å². The van der Waals surface area contributed by atoms with E-state index in [0.717, 1.165) is 44.9 Å². The molecule has 8 nitrogen and oxygen atoms in total. The summed E-state index contributed by atoms with van der Waals surface area (Å²) in [5.74, 6) is 0.632. The molecule has 10 atom stereocenters. The van der Waals surface area contributed by atoms with E-state index in [0.29, 0.717) is 18.8 Å². The van der Waals surface area contributed by atoms with Gasteiger partial charge in [0.05, 0.1) is 24.1 Å². The minimum atomic E-state index is -4.02. The number of carbonyl (C=O) groups excluding carboxylic acids is 1. The minimum absolute atomic E-state index is 0.125. The van der Waals surface area contributed by atoms with Gasteiger partial charge in [-0.2, -0.15) is 8.42 Å². The first-order valence-corrected chi connectivity index (χ1v) is 15.5. The summed E-state index contributed by atoms with van der Waals surface area (Å²) in [5, 5.41) is 35.3. The Bertz CT molecular complexity index is 864. The summed E-state index contributed by atoms with van der Waals surface area (Å²) < 4.78 is 30.4. The second kappa shape index (κ2) is 11.6. The van der Waals surface area contributed by atoms with Crippen LogP contribution in [0.25, 0.3) is 0 Å². The highest BCUT2D eigenvalue weighted by molar-refractivity contribution is 7.85. The number of carbonyl (C=O) groups is 1. The first kappa shape index (κ1) is 29.8. The van der Waals surface area contributed by atoms with E-state index < -0.39 is 22.3 Å². The molecule has 1 amide bonds. The van der Waals surface area contributed by atoms with Crippen molar-refractivity contribution in [1.82, 2.24) is 5.32 Å². The molecule has 0 aromatic carbocycles. The number of rotatable bonds is 10. The summed E-state index contributed by atoms with van der Waals surface area (Å²) in [7, 11) is -4.02. The van der Waals surface area contributed by atoms with Crippen LogP contribution in [0, 0.1) is 40.4 Å². The third-order valence-corrected chi connectivity index (χ3v) is 11.3. The fourth-order valence-electron chi connectivity index (χ4n) is 8.21. The number of nitrogens with one attached hydrogen (secondary N) is 1. The Kier molecular flexibility index (Phi) is 9.57. The van der Waals surface area contributed by atoms with Gasteiger partial charge in [0.2, 0.25) is 5.91 Å². The Morgan fingerprint density at radius 2 is 1.81 bits per heavy atom. The average Bonchev–Trinajstić information content (AvgIpc) is 3.13. The van der Waals surface area contributed by atoms with Crippen molar-refractivity contribution in [2.75, 3.05) is 12.3 Å². The molecule has 0 bridgehead atoms. The van der Waals surface area contributed by atoms with E-state index in [-0.39, 0.29) is 65.2 Å². The number of hydrogen-bond donors (Lipinski definition) is 5. The van der Waals surface area contributed by atoms with Crippen molar-refractivity contribution in [3.8, 4) is 0 Å². The van der Waals surface area contributed by atoms with Gasteiger partial charge < -0.3 is 20.6 Å². The van der Waals surface area contributed by atoms with E-state index in [2.05, 4.69) is 26.1 Å². The van der Waals surface area contributed by atoms with Gasteiger partial charge in [0.1, 0.15) is 0 Å². The highest BCUT2D eigenvalue weighted by Crippen LogP contribution is 2.61. The molecule has 0 heterocycles. The zero-order chi connectivity index (χ0) is 26.9. The molecule has 0 aromatic heterocycles. The quantitative estimate of drug-likeness (QED) is 0.215. The third kappa shape index (κ3) is 6.63. The van der Waals surface area contributed by atoms with Gasteiger partial charge in [0.25, 0.3) is 10.1 Å². The van der Waals surface area contributed by atoms with E-state index in [4.69, 9.17) is 4.55 Å². The molecule has 3 saturated carbocycles. The fraction of sp³-hybridized carbons (Fsp3) is 0.963. The second-order valence-electron chi connectivity index (χ2n) is 12.8. The maximum Gasteiger partial charge on any atom is 0.264 e. The largest absolute Gasteiger partial charge is 0.393 e. The Morgan fingerprint density at radius 3 is 2.44 bits per heavy atom. The third-order valence-electron chi connectivity index (χ3n) is 10.5. The van der Waals surface area contributed by atoms with Crippen molar-refractivity contribution < 1.29 is 33.1 Å². The Labute approximate surface area is 217 Å². The van der Waals surface area contributed by atoms with Gasteiger partial charge in [-0.3, -0.25) is 9.35 Å². The standard InChI is InChI=1S/C27H49NO7S/c1-17(6-9-25(32)28-12-5-13-36(33,34)35)22-7-8-23(27(22,4)18(2)29)21-16-26(3)11-10-20(30)14-19(26)15-24(21)31/h17-24,29-31H,5-16H2,1-4H3,(H,28,32)(H,33,34,35)/t17-,18+,19+,20-,21-,22-,23+,24-,26-,27-/m1/s1. The van der Waals surface area contributed by atoms with E-state index in [1.54, 1.807) is 0 Å². The molecule has 5 N–H and O–H groups in total. The number of hydrogen-bond acceptors (Lipinski definition) is 6. The molecular formula is C27H49NO7S. The number of amides is 1. The predicted octanol–water partition coefficient (Wildman–Crippen LogP) is 3.15. The lowest BCUT2D eigenvalue weighted by Crippen LogP contribution is -2.52. The summed E-state index contributed by atoms with van der Waals surface area (Å²) in [4.78, 5) is 12.3. The Balaban J connectivity index is 1.62. The van der Waals surface area contributed by atoms with Gasteiger partial charge in [-0.15, -0.1) is 0 Å². The van der Waals surface area contributed by atoms with Gasteiger partial charge in [0, 0.05) is 13.0 Å². The summed E-state index contributed by atoms with van der Waals surface area (Å²) in [5.41, 5.74) is -0.228. The number of aliphatic hydroxyl groups is 3. The van der Waals surface area contributed by atoms with Gasteiger partial charge in [-0.1, -0.05) is 20.8 Å². The Morgan fingerprint density at radius 1 is 1.11 bits per heavy atom. The SMILES string of the molecule is C[C@H](CCC(=O)NCCCS(=O)(=O)O)[C@H]1CC[C@@H]([C@H]2C[C@@]3(C)CC[C@@H](O)C[C@H]3C[C@H]2O)[C@]1(C)[C@H](C)O. The molecule has 3 aliphatic carbocycles. The summed E-state index contributed by atoms with van der Waals surface area (Å²) in [6.07, 6.45) is 6.15. The first-order valence-electron chi connectivity index (χ1n) is 13.9. The van der Waals surface area contributed by atoms with Crippen molar-refractivity contribution in [2.45, 2.75) is 110 Å². The zero-order valence-corrected chi connectivity index (χ0v) is 23.3. The van der Waals surface area contributed by atoms with Crippen molar-refractivity contribution >= 4 is 16.0 Å². The van der Waals surface area contributed by atoms with Crippen LogP contribution in [0.3, 0.4) is 0 Å². The molecule has 0 radical (unpaired) electrons. The molecule has 3 rings (SSSR count). The molecule has 0 aromatic rings. The van der Waals surface area contributed by atoms with Crippen LogP contribution in [0.4, 0.5) is 0 Å². The molecule has 3 fully saturated rings. The van der Waals surface area contributed by atoms with E-state index in [1.807, 2.05) is 6.92 Å². The first-order chi connectivity index (χ1) is 16.7. The van der Waals surface area contributed by atoms with Crippen LogP contribution in [0.15, 0.2) is 0 Å². The number of aliphatic hydroxyl groups excluding tert-OH is 3. The molecule has 3 aliphatic rings. The maximum atomic E-state index is 12.3. The summed E-state index contributed by atoms with van der Waals surface area (Å²) in [6.45, 7) is 8.73. The maximum absolute atomic E-state index is 12.3. The zero-order valence-electron chi connectivity index (χ0n) is 22.5. The molecule has 210 valence electrons. The molecule has 0 aliphatic heterocycles. The minimum Gasteiger partial charge on any atom is -0.393 e. The van der Waals surface area contributed by atoms with Crippen LogP contribution in [-0.2, 0) is 14.9 Å². The summed E-state index contributed by atoms with van der Waals surface area (Å²) in [6, 6.07) is 0. The van der Waals surface area contributed by atoms with Crippen LogP contribution in [-0.4, -0.2) is 64.8 Å². The van der Waals surface area contributed by atoms with Gasteiger partial charge in [-0.25, -0.2) is 0 Å². The van der Waals surface area contributed by atoms with Gasteiger partial charge in [0.15, 0.2) is 0 Å². The van der Waals surface area contributed by atoms with Crippen LogP contribution >= 0.6 is 0 Å². The van der Waals surface area contributed by atoms with E-state index in [9.17, 15) is 28.5 Å². The van der Waals surface area contributed by atoms with Crippen molar-refractivity contribution in [2.24, 2.45) is 40.4 Å². The topological polar surface area (TPSA) is 144 Å². The molecule has 36 heavy (non-hydrogen) atoms. The lowest BCUT2D eigenvalue weighted by atomic mass is 9.52. The van der Waals surface area contributed by atoms with E-state index >= 15 is 0 Å². The highest BCUT2D eigenvalue weighted by Gasteiger charge is 2.57.